The molecule has 12 nitrogen and oxygen atoms in total. The van der Waals surface area contributed by atoms with Gasteiger partial charge in [-0.25, -0.2) is 0 Å². The lowest BCUT2D eigenvalue weighted by Crippen LogP contribution is -2.51. The van der Waals surface area contributed by atoms with Crippen molar-refractivity contribution in [3.05, 3.63) is 50.1 Å². The van der Waals surface area contributed by atoms with Gasteiger partial charge in [-0.2, -0.15) is 0 Å². The third-order valence-corrected chi connectivity index (χ3v) is 14.9. The highest BCUT2D eigenvalue weighted by molar-refractivity contribution is 5.78. The number of rotatable bonds is 22. The first-order chi connectivity index (χ1) is 27.2. The van der Waals surface area contributed by atoms with E-state index in [0.717, 1.165) is 67.4 Å². The number of fused-ring (bicyclic) bond motifs is 5. The molecule has 0 radical (unpaired) electrons. The van der Waals surface area contributed by atoms with Gasteiger partial charge < -0.3 is 21.3 Å². The van der Waals surface area contributed by atoms with Crippen LogP contribution in [0.4, 0.5) is 17.1 Å². The summed E-state index contributed by atoms with van der Waals surface area (Å²) in [6.45, 7) is 14.8. The molecule has 8 atom stereocenters. The van der Waals surface area contributed by atoms with E-state index in [2.05, 4.69) is 62.0 Å². The van der Waals surface area contributed by atoms with Gasteiger partial charge in [0.15, 0.2) is 0 Å². The van der Waals surface area contributed by atoms with E-state index in [-0.39, 0.29) is 35.3 Å². The number of non-ortho nitro benzene ring substituents is 1. The van der Waals surface area contributed by atoms with Gasteiger partial charge in [0, 0.05) is 44.6 Å². The fourth-order valence-corrected chi connectivity index (χ4v) is 11.7. The molecular weight excluding hydrogens is 721 g/mol. The fraction of sp³-hybridized carbons (Fsp3) is 0.778. The smallest absolute Gasteiger partial charge is 0.299 e. The maximum Gasteiger partial charge on any atom is 0.299 e. The second kappa shape index (κ2) is 20.4. The van der Waals surface area contributed by atoms with E-state index >= 15 is 0 Å². The van der Waals surface area contributed by atoms with Gasteiger partial charge in [-0.05, 0) is 130 Å². The SMILES string of the molecule is CC(C)CCC[C@@H](C)[C@H]1CCC2C3CC=C4C[C@@H](NCCCNC(=O)CCNC(=O)CCCCCNc5ccc([N+](=O)[O-])cc5[N+](=O)[O-])CC[C@]4(C)C3CC[C@@]21C. The van der Waals surface area contributed by atoms with Crippen LogP contribution in [-0.2, 0) is 9.59 Å². The number of carbonyl (C=O) groups excluding carboxylic acids is 2. The van der Waals surface area contributed by atoms with E-state index in [1.54, 1.807) is 5.57 Å². The van der Waals surface area contributed by atoms with E-state index in [1.165, 1.54) is 76.3 Å². The van der Waals surface area contributed by atoms with Crippen LogP contribution >= 0.6 is 0 Å². The zero-order chi connectivity index (χ0) is 41.2. The van der Waals surface area contributed by atoms with E-state index in [4.69, 9.17) is 0 Å². The van der Waals surface area contributed by atoms with Gasteiger partial charge in [0.05, 0.1) is 15.9 Å². The van der Waals surface area contributed by atoms with Gasteiger partial charge in [0.25, 0.3) is 11.4 Å². The van der Waals surface area contributed by atoms with Crippen LogP contribution in [0, 0.1) is 66.6 Å². The van der Waals surface area contributed by atoms with Crippen LogP contribution in [0.15, 0.2) is 29.8 Å². The third kappa shape index (κ3) is 11.4. The highest BCUT2D eigenvalue weighted by Crippen LogP contribution is 2.67. The minimum absolute atomic E-state index is 0.0604. The van der Waals surface area contributed by atoms with Crippen molar-refractivity contribution in [2.75, 3.05) is 31.5 Å². The molecule has 0 aliphatic heterocycles. The van der Waals surface area contributed by atoms with Crippen LogP contribution in [0.5, 0.6) is 0 Å². The Bertz CT molecular complexity index is 1580. The molecule has 3 saturated carbocycles. The molecule has 0 aromatic heterocycles. The van der Waals surface area contributed by atoms with Gasteiger partial charge in [-0.1, -0.05) is 72.0 Å². The first-order valence-corrected chi connectivity index (χ1v) is 22.4. The number of amides is 2. The Morgan fingerprint density at radius 3 is 2.33 bits per heavy atom. The molecule has 12 heteroatoms. The Morgan fingerprint density at radius 2 is 1.58 bits per heavy atom. The normalized spacial score (nSPS) is 28.4. The second-order valence-corrected chi connectivity index (χ2v) is 18.9. The zero-order valence-corrected chi connectivity index (χ0v) is 35.5. The molecule has 4 aliphatic rings. The molecule has 1 aromatic rings. The topological polar surface area (TPSA) is 169 Å². The standard InChI is InChI=1S/C45H72N6O6/c1-31(2)11-9-12-32(3)37-17-18-38-36-16-14-33-29-34(20-23-44(33,4)39(36)21-24-45(37,38)5)46-26-10-27-48-43(53)22-28-49-42(52)13-7-6-8-25-47-40-19-15-35(50(54)55)30-41(40)51(56)57/h14-15,19,30-32,34,36-39,46-47H,6-13,16-18,20-29H2,1-5H3,(H,48,53)(H,49,52)/t32-,34+,36?,37-,38?,39?,44+,45-/m1/s1. The summed E-state index contributed by atoms with van der Waals surface area (Å²) in [5.74, 6) is 5.00. The number of benzene rings is 1. The second-order valence-electron chi connectivity index (χ2n) is 18.9. The summed E-state index contributed by atoms with van der Waals surface area (Å²) in [4.78, 5) is 45.5. The zero-order valence-electron chi connectivity index (χ0n) is 35.5. The molecule has 5 rings (SSSR count). The average Bonchev–Trinajstić information content (AvgIpc) is 3.53. The molecule has 0 saturated heterocycles. The first-order valence-electron chi connectivity index (χ1n) is 22.4. The van der Waals surface area contributed by atoms with E-state index < -0.39 is 9.85 Å². The number of nitro benzene ring substituents is 2. The molecule has 1 aromatic carbocycles. The number of carbonyl (C=O) groups is 2. The summed E-state index contributed by atoms with van der Waals surface area (Å²) in [7, 11) is 0. The molecule has 4 N–H and O–H groups in total. The lowest BCUT2D eigenvalue weighted by atomic mass is 9.47. The van der Waals surface area contributed by atoms with Crippen molar-refractivity contribution in [1.82, 2.24) is 16.0 Å². The average molecular weight is 793 g/mol. The van der Waals surface area contributed by atoms with Crippen molar-refractivity contribution in [3.63, 3.8) is 0 Å². The van der Waals surface area contributed by atoms with E-state index in [1.807, 2.05) is 0 Å². The summed E-state index contributed by atoms with van der Waals surface area (Å²) in [6, 6.07) is 4.02. The number of allylic oxidation sites excluding steroid dienone is 1. The number of nitrogens with one attached hydrogen (secondary N) is 4. The highest BCUT2D eigenvalue weighted by Gasteiger charge is 2.59. The largest absolute Gasteiger partial charge is 0.379 e. The number of hydrogen-bond donors (Lipinski definition) is 4. The van der Waals surface area contributed by atoms with Crippen LogP contribution in [0.3, 0.4) is 0 Å². The van der Waals surface area contributed by atoms with Gasteiger partial charge in [-0.3, -0.25) is 29.8 Å². The molecule has 57 heavy (non-hydrogen) atoms. The molecule has 318 valence electrons. The maximum absolute atomic E-state index is 12.4. The maximum atomic E-state index is 12.4. The molecule has 4 aliphatic carbocycles. The Labute approximate surface area is 341 Å². The Balaban J connectivity index is 0.914. The summed E-state index contributed by atoms with van der Waals surface area (Å²) in [5.41, 5.74) is 2.16. The van der Waals surface area contributed by atoms with E-state index in [9.17, 15) is 29.8 Å². The highest BCUT2D eigenvalue weighted by atomic mass is 16.6. The Hall–Kier alpha value is -3.54. The number of hydrogen-bond acceptors (Lipinski definition) is 8. The first kappa shape index (κ1) is 44.6. The third-order valence-electron chi connectivity index (χ3n) is 14.9. The monoisotopic (exact) mass is 793 g/mol. The lowest BCUT2D eigenvalue weighted by Gasteiger charge is -2.58. The number of anilines is 1. The van der Waals surface area contributed by atoms with Crippen LogP contribution < -0.4 is 21.3 Å². The van der Waals surface area contributed by atoms with E-state index in [0.29, 0.717) is 55.8 Å². The summed E-state index contributed by atoms with van der Waals surface area (Å²) >= 11 is 0. The van der Waals surface area contributed by atoms with Crippen LogP contribution in [0.2, 0.25) is 0 Å². The van der Waals surface area contributed by atoms with Gasteiger partial charge in [0.1, 0.15) is 5.69 Å². The summed E-state index contributed by atoms with van der Waals surface area (Å²) in [5, 5.41) is 34.8. The van der Waals surface area contributed by atoms with Crippen LogP contribution in [0.1, 0.15) is 144 Å². The van der Waals surface area contributed by atoms with Crippen molar-refractivity contribution >= 4 is 28.9 Å². The number of unbranched alkanes of at least 4 members (excludes halogenated alkanes) is 2. The molecule has 3 unspecified atom stereocenters. The summed E-state index contributed by atoms with van der Waals surface area (Å²) in [6.07, 6.45) is 21.0. The number of nitro groups is 2. The summed E-state index contributed by atoms with van der Waals surface area (Å²) < 4.78 is 0. The van der Waals surface area contributed by atoms with Crippen molar-refractivity contribution in [1.29, 1.82) is 0 Å². The molecule has 0 heterocycles. The molecule has 0 spiro atoms. The minimum atomic E-state index is -0.665. The van der Waals surface area contributed by atoms with Gasteiger partial charge in [0.2, 0.25) is 11.8 Å². The molecule has 2 amide bonds. The predicted molar refractivity (Wildman–Crippen MR) is 227 cm³/mol. The van der Waals surface area contributed by atoms with Crippen molar-refractivity contribution in [2.45, 2.75) is 150 Å². The van der Waals surface area contributed by atoms with Crippen molar-refractivity contribution in [3.8, 4) is 0 Å². The fourth-order valence-electron chi connectivity index (χ4n) is 11.7. The predicted octanol–water partition coefficient (Wildman–Crippen LogP) is 9.49. The number of nitrogens with zero attached hydrogens (tertiary/aromatic N) is 2. The molecular formula is C45H72N6O6. The minimum Gasteiger partial charge on any atom is -0.379 e. The Kier molecular flexibility index (Phi) is 16.0. The molecule has 3 fully saturated rings. The van der Waals surface area contributed by atoms with Crippen LogP contribution in [0.25, 0.3) is 0 Å². The van der Waals surface area contributed by atoms with Crippen molar-refractivity contribution in [2.24, 2.45) is 46.3 Å². The van der Waals surface area contributed by atoms with Crippen molar-refractivity contribution < 1.29 is 19.4 Å². The molecule has 0 bridgehead atoms. The quantitative estimate of drug-likeness (QED) is 0.0390. The van der Waals surface area contributed by atoms with Gasteiger partial charge in [-0.15, -0.1) is 0 Å². The Morgan fingerprint density at radius 1 is 0.807 bits per heavy atom. The van der Waals surface area contributed by atoms with Gasteiger partial charge >= 0.3 is 0 Å². The lowest BCUT2D eigenvalue weighted by molar-refractivity contribution is -0.393. The van der Waals surface area contributed by atoms with Crippen LogP contribution in [-0.4, -0.2) is 53.9 Å².